The number of carbonyl (C=O) groups excluding carboxylic acids is 2. The van der Waals surface area contributed by atoms with Crippen LogP contribution in [0.5, 0.6) is 5.75 Å². The molecule has 0 bridgehead atoms. The van der Waals surface area contributed by atoms with Gasteiger partial charge in [0.15, 0.2) is 0 Å². The first-order valence-electron chi connectivity index (χ1n) is 11.3. The van der Waals surface area contributed by atoms with Gasteiger partial charge in [-0.15, -0.1) is 0 Å². The highest BCUT2D eigenvalue weighted by atomic mass is 16.5. The summed E-state index contributed by atoms with van der Waals surface area (Å²) in [5.41, 5.74) is 1.93. The van der Waals surface area contributed by atoms with Crippen molar-refractivity contribution in [2.24, 2.45) is 5.92 Å². The Balaban J connectivity index is 1.40. The Kier molecular flexibility index (Phi) is 6.75. The third-order valence-corrected chi connectivity index (χ3v) is 6.19. The quantitative estimate of drug-likeness (QED) is 0.762. The van der Waals surface area contributed by atoms with Gasteiger partial charge in [0, 0.05) is 25.3 Å². The predicted molar refractivity (Wildman–Crippen MR) is 121 cm³/mol. The topological polar surface area (TPSA) is 61.9 Å². The standard InChI is InChI=1S/C25H31N3O3/c1-2-31-22-14-12-19(13-15-22)23-11-7-17-28(23)24(29)20-8-6-16-27(18-20)25(30)26-21-9-4-3-5-10-21/h3-5,9-10,12-15,20,23H,2,6-8,11,16-18H2,1H3,(H,26,30)/t20-,23-/m1/s1. The van der Waals surface area contributed by atoms with Crippen molar-refractivity contribution in [1.29, 1.82) is 0 Å². The number of urea groups is 1. The smallest absolute Gasteiger partial charge is 0.321 e. The summed E-state index contributed by atoms with van der Waals surface area (Å²) in [5.74, 6) is 0.890. The predicted octanol–water partition coefficient (Wildman–Crippen LogP) is 4.69. The van der Waals surface area contributed by atoms with E-state index >= 15 is 0 Å². The van der Waals surface area contributed by atoms with E-state index in [-0.39, 0.29) is 23.9 Å². The number of carbonyl (C=O) groups is 2. The van der Waals surface area contributed by atoms with Gasteiger partial charge in [-0.2, -0.15) is 0 Å². The number of hydrogen-bond acceptors (Lipinski definition) is 3. The third-order valence-electron chi connectivity index (χ3n) is 6.19. The van der Waals surface area contributed by atoms with Gasteiger partial charge in [-0.1, -0.05) is 30.3 Å². The first-order valence-corrected chi connectivity index (χ1v) is 11.3. The van der Waals surface area contributed by atoms with Crippen LogP contribution in [-0.2, 0) is 4.79 Å². The fourth-order valence-corrected chi connectivity index (χ4v) is 4.65. The van der Waals surface area contributed by atoms with E-state index in [1.165, 1.54) is 0 Å². The number of ether oxygens (including phenoxy) is 1. The first-order chi connectivity index (χ1) is 15.2. The molecule has 2 saturated heterocycles. The number of hydrogen-bond donors (Lipinski definition) is 1. The van der Waals surface area contributed by atoms with Crippen LogP contribution < -0.4 is 10.1 Å². The summed E-state index contributed by atoms with van der Waals surface area (Å²) in [7, 11) is 0. The van der Waals surface area contributed by atoms with Crippen molar-refractivity contribution < 1.29 is 14.3 Å². The minimum Gasteiger partial charge on any atom is -0.494 e. The largest absolute Gasteiger partial charge is 0.494 e. The second-order valence-corrected chi connectivity index (χ2v) is 8.27. The SMILES string of the molecule is CCOc1ccc([C@H]2CCCN2C(=O)[C@@H]2CCCN(C(=O)Nc3ccccc3)C2)cc1. The van der Waals surface area contributed by atoms with Gasteiger partial charge in [0.2, 0.25) is 5.91 Å². The zero-order chi connectivity index (χ0) is 21.6. The second-order valence-electron chi connectivity index (χ2n) is 8.27. The molecule has 6 heteroatoms. The lowest BCUT2D eigenvalue weighted by Gasteiger charge is -2.35. The Morgan fingerprint density at radius 1 is 1.00 bits per heavy atom. The van der Waals surface area contributed by atoms with Crippen molar-refractivity contribution >= 4 is 17.6 Å². The molecule has 4 rings (SSSR count). The number of nitrogens with one attached hydrogen (secondary N) is 1. The van der Waals surface area contributed by atoms with E-state index < -0.39 is 0 Å². The van der Waals surface area contributed by atoms with Gasteiger partial charge in [-0.3, -0.25) is 4.79 Å². The summed E-state index contributed by atoms with van der Waals surface area (Å²) in [6.07, 6.45) is 3.67. The maximum atomic E-state index is 13.4. The fraction of sp³-hybridized carbons (Fsp3) is 0.440. The Hall–Kier alpha value is -3.02. The molecule has 0 radical (unpaired) electrons. The Morgan fingerprint density at radius 2 is 1.74 bits per heavy atom. The lowest BCUT2D eigenvalue weighted by molar-refractivity contribution is -0.137. The van der Waals surface area contributed by atoms with Crippen molar-refractivity contribution in [2.45, 2.75) is 38.6 Å². The molecule has 0 saturated carbocycles. The summed E-state index contributed by atoms with van der Waals surface area (Å²) in [6.45, 7) is 4.56. The van der Waals surface area contributed by atoms with Crippen molar-refractivity contribution in [2.75, 3.05) is 31.6 Å². The van der Waals surface area contributed by atoms with Gasteiger partial charge in [0.05, 0.1) is 18.6 Å². The van der Waals surface area contributed by atoms with E-state index in [1.807, 2.05) is 54.3 Å². The second kappa shape index (κ2) is 9.86. The minimum absolute atomic E-state index is 0.108. The number of para-hydroxylation sites is 1. The van der Waals surface area contributed by atoms with E-state index in [2.05, 4.69) is 17.4 Å². The highest BCUT2D eigenvalue weighted by Crippen LogP contribution is 2.35. The Bertz CT molecular complexity index is 885. The summed E-state index contributed by atoms with van der Waals surface area (Å²) in [6, 6.07) is 17.5. The molecule has 2 aromatic carbocycles. The van der Waals surface area contributed by atoms with Crippen LogP contribution in [0.25, 0.3) is 0 Å². The van der Waals surface area contributed by atoms with Crippen LogP contribution >= 0.6 is 0 Å². The van der Waals surface area contributed by atoms with Gasteiger partial charge in [0.1, 0.15) is 5.75 Å². The van der Waals surface area contributed by atoms with E-state index in [1.54, 1.807) is 4.90 Å². The fourth-order valence-electron chi connectivity index (χ4n) is 4.65. The molecular weight excluding hydrogens is 390 g/mol. The number of benzene rings is 2. The van der Waals surface area contributed by atoms with Crippen LogP contribution in [0, 0.1) is 5.92 Å². The number of piperidine rings is 1. The third kappa shape index (κ3) is 5.01. The van der Waals surface area contributed by atoms with Crippen LogP contribution in [0.3, 0.4) is 0 Å². The highest BCUT2D eigenvalue weighted by Gasteiger charge is 2.36. The van der Waals surface area contributed by atoms with E-state index in [9.17, 15) is 9.59 Å². The molecule has 0 aromatic heterocycles. The zero-order valence-electron chi connectivity index (χ0n) is 18.1. The molecule has 2 fully saturated rings. The van der Waals surface area contributed by atoms with E-state index in [0.29, 0.717) is 19.7 Å². The molecule has 2 heterocycles. The maximum Gasteiger partial charge on any atom is 0.321 e. The van der Waals surface area contributed by atoms with Gasteiger partial charge >= 0.3 is 6.03 Å². The van der Waals surface area contributed by atoms with Crippen molar-refractivity contribution in [3.05, 3.63) is 60.2 Å². The molecule has 2 aliphatic heterocycles. The van der Waals surface area contributed by atoms with Crippen LogP contribution in [0.2, 0.25) is 0 Å². The number of likely N-dealkylation sites (tertiary alicyclic amines) is 2. The maximum absolute atomic E-state index is 13.4. The lowest BCUT2D eigenvalue weighted by atomic mass is 9.95. The number of anilines is 1. The molecule has 0 aliphatic carbocycles. The van der Waals surface area contributed by atoms with Crippen LogP contribution in [0.1, 0.15) is 44.2 Å². The molecular formula is C25H31N3O3. The monoisotopic (exact) mass is 421 g/mol. The highest BCUT2D eigenvalue weighted by molar-refractivity contribution is 5.90. The van der Waals surface area contributed by atoms with Crippen molar-refractivity contribution in [1.82, 2.24) is 9.80 Å². The average molecular weight is 422 g/mol. The molecule has 2 aromatic rings. The molecule has 2 aliphatic rings. The van der Waals surface area contributed by atoms with E-state index in [4.69, 9.17) is 4.74 Å². The molecule has 31 heavy (non-hydrogen) atoms. The summed E-state index contributed by atoms with van der Waals surface area (Å²) < 4.78 is 5.55. The first kappa shape index (κ1) is 21.2. The van der Waals surface area contributed by atoms with Gasteiger partial charge < -0.3 is 19.9 Å². The molecule has 3 amide bonds. The van der Waals surface area contributed by atoms with Gasteiger partial charge in [0.25, 0.3) is 0 Å². The van der Waals surface area contributed by atoms with Crippen LogP contribution in [0.4, 0.5) is 10.5 Å². The molecule has 0 spiro atoms. The van der Waals surface area contributed by atoms with Crippen LogP contribution in [-0.4, -0.2) is 48.0 Å². The van der Waals surface area contributed by atoms with E-state index in [0.717, 1.165) is 49.2 Å². The Morgan fingerprint density at radius 3 is 2.48 bits per heavy atom. The number of rotatable bonds is 5. The molecule has 6 nitrogen and oxygen atoms in total. The lowest BCUT2D eigenvalue weighted by Crippen LogP contribution is -2.47. The summed E-state index contributed by atoms with van der Waals surface area (Å²) in [4.78, 5) is 29.9. The molecule has 0 unspecified atom stereocenters. The molecule has 2 atom stereocenters. The Labute approximate surface area is 184 Å². The normalized spacial score (nSPS) is 21.1. The summed E-state index contributed by atoms with van der Waals surface area (Å²) in [5, 5.41) is 2.94. The van der Waals surface area contributed by atoms with Crippen LogP contribution in [0.15, 0.2) is 54.6 Å². The number of amides is 3. The summed E-state index contributed by atoms with van der Waals surface area (Å²) >= 11 is 0. The van der Waals surface area contributed by atoms with Crippen molar-refractivity contribution in [3.8, 4) is 5.75 Å². The van der Waals surface area contributed by atoms with Crippen molar-refractivity contribution in [3.63, 3.8) is 0 Å². The van der Waals surface area contributed by atoms with Gasteiger partial charge in [-0.05, 0) is 62.4 Å². The molecule has 1 N–H and O–H groups in total. The average Bonchev–Trinajstić information content (AvgIpc) is 3.30. The molecule has 164 valence electrons. The minimum atomic E-state index is -0.140. The number of nitrogens with zero attached hydrogens (tertiary/aromatic N) is 2. The zero-order valence-corrected chi connectivity index (χ0v) is 18.1. The van der Waals surface area contributed by atoms with Gasteiger partial charge in [-0.25, -0.2) is 4.79 Å².